The number of carbonyl (C=O) groups is 1. The van der Waals surface area contributed by atoms with Crippen molar-refractivity contribution in [1.29, 1.82) is 0 Å². The van der Waals surface area contributed by atoms with Gasteiger partial charge in [0.2, 0.25) is 0 Å². The Labute approximate surface area is 97.5 Å². The normalized spacial score (nSPS) is 11.3. The van der Waals surface area contributed by atoms with Crippen LogP contribution in [-0.4, -0.2) is 13.0 Å². The van der Waals surface area contributed by atoms with E-state index in [0.717, 1.165) is 13.2 Å². The summed E-state index contributed by atoms with van der Waals surface area (Å²) in [7, 11) is 1.16. The van der Waals surface area contributed by atoms with Crippen molar-refractivity contribution in [1.82, 2.24) is 0 Å². The Balaban J connectivity index is 3.57. The number of carbonyl (C=O) groups excluding carboxylic acids is 1. The Hall–Kier alpha value is -1.24. The lowest BCUT2D eigenvalue weighted by Crippen LogP contribution is -2.20. The Kier molecular flexibility index (Phi) is 3.47. The van der Waals surface area contributed by atoms with E-state index in [9.17, 15) is 18.0 Å². The summed E-state index contributed by atoms with van der Waals surface area (Å²) in [5, 5.41) is 0. The number of amides is 1. The van der Waals surface area contributed by atoms with Gasteiger partial charge in [-0.2, -0.15) is 13.2 Å². The number of primary amides is 1. The van der Waals surface area contributed by atoms with Gasteiger partial charge in [0, 0.05) is 4.47 Å². The standard InChI is InChI=1S/C9H7BrF3NO2/c1-16-6-3-4(10)2-5(9(11,12)13)7(6)8(14)15/h2-3H,1H3,(H2,14,15). The number of halogens is 4. The minimum absolute atomic E-state index is 0.154. The maximum atomic E-state index is 12.6. The molecule has 3 nitrogen and oxygen atoms in total. The first-order chi connectivity index (χ1) is 7.27. The van der Waals surface area contributed by atoms with Crippen LogP contribution in [0.1, 0.15) is 15.9 Å². The smallest absolute Gasteiger partial charge is 0.417 e. The molecule has 0 unspecified atom stereocenters. The van der Waals surface area contributed by atoms with Gasteiger partial charge in [-0.15, -0.1) is 0 Å². The second-order valence-corrected chi connectivity index (χ2v) is 3.81. The zero-order chi connectivity index (χ0) is 12.5. The predicted octanol–water partition coefficient (Wildman–Crippen LogP) is 2.58. The van der Waals surface area contributed by atoms with E-state index in [4.69, 9.17) is 10.5 Å². The summed E-state index contributed by atoms with van der Waals surface area (Å²) < 4.78 is 42.7. The zero-order valence-electron chi connectivity index (χ0n) is 8.06. The van der Waals surface area contributed by atoms with E-state index in [1.807, 2.05) is 0 Å². The molecule has 0 aliphatic heterocycles. The summed E-state index contributed by atoms with van der Waals surface area (Å²) in [6.45, 7) is 0. The van der Waals surface area contributed by atoms with Crippen LogP contribution >= 0.6 is 15.9 Å². The Morgan fingerprint density at radius 1 is 1.44 bits per heavy atom. The average Bonchev–Trinajstić information content (AvgIpc) is 2.14. The minimum Gasteiger partial charge on any atom is -0.496 e. The third-order valence-electron chi connectivity index (χ3n) is 1.84. The number of benzene rings is 1. The fraction of sp³-hybridized carbons (Fsp3) is 0.222. The molecule has 0 fully saturated rings. The van der Waals surface area contributed by atoms with Gasteiger partial charge < -0.3 is 10.5 Å². The fourth-order valence-electron chi connectivity index (χ4n) is 1.22. The van der Waals surface area contributed by atoms with Crippen LogP contribution in [0, 0.1) is 0 Å². The lowest BCUT2D eigenvalue weighted by Gasteiger charge is -2.14. The van der Waals surface area contributed by atoms with Crippen LogP contribution in [-0.2, 0) is 6.18 Å². The highest BCUT2D eigenvalue weighted by Crippen LogP contribution is 2.38. The van der Waals surface area contributed by atoms with Crippen molar-refractivity contribution < 1.29 is 22.7 Å². The lowest BCUT2D eigenvalue weighted by molar-refractivity contribution is -0.138. The Morgan fingerprint density at radius 3 is 2.38 bits per heavy atom. The molecule has 7 heteroatoms. The third-order valence-corrected chi connectivity index (χ3v) is 2.30. The Bertz CT molecular complexity index is 431. The van der Waals surface area contributed by atoms with Crippen molar-refractivity contribution in [3.63, 3.8) is 0 Å². The highest BCUT2D eigenvalue weighted by Gasteiger charge is 2.37. The molecule has 0 spiro atoms. The maximum absolute atomic E-state index is 12.6. The van der Waals surface area contributed by atoms with E-state index in [2.05, 4.69) is 15.9 Å². The first-order valence-electron chi connectivity index (χ1n) is 4.02. The molecule has 0 bridgehead atoms. The van der Waals surface area contributed by atoms with Gasteiger partial charge in [-0.05, 0) is 12.1 Å². The van der Waals surface area contributed by atoms with Crippen LogP contribution in [0.4, 0.5) is 13.2 Å². The highest BCUT2D eigenvalue weighted by atomic mass is 79.9. The molecule has 0 radical (unpaired) electrons. The van der Waals surface area contributed by atoms with E-state index in [0.29, 0.717) is 0 Å². The maximum Gasteiger partial charge on any atom is 0.417 e. The number of alkyl halides is 3. The van der Waals surface area contributed by atoms with Gasteiger partial charge >= 0.3 is 6.18 Å². The molecule has 0 atom stereocenters. The van der Waals surface area contributed by atoms with E-state index in [1.165, 1.54) is 6.07 Å². The Morgan fingerprint density at radius 2 is 2.00 bits per heavy atom. The number of ether oxygens (including phenoxy) is 1. The molecular formula is C9H7BrF3NO2. The minimum atomic E-state index is -4.67. The number of rotatable bonds is 2. The highest BCUT2D eigenvalue weighted by molar-refractivity contribution is 9.10. The average molecular weight is 298 g/mol. The molecule has 0 aliphatic rings. The van der Waals surface area contributed by atoms with E-state index in [1.54, 1.807) is 0 Å². The van der Waals surface area contributed by atoms with Crippen molar-refractivity contribution in [3.8, 4) is 5.75 Å². The summed E-state index contributed by atoms with van der Waals surface area (Å²) in [6.07, 6.45) is -4.67. The first-order valence-corrected chi connectivity index (χ1v) is 4.81. The van der Waals surface area contributed by atoms with Crippen LogP contribution < -0.4 is 10.5 Å². The quantitative estimate of drug-likeness (QED) is 0.912. The van der Waals surface area contributed by atoms with E-state index >= 15 is 0 Å². The molecule has 0 saturated carbocycles. The van der Waals surface area contributed by atoms with Gasteiger partial charge in [0.25, 0.3) is 5.91 Å². The van der Waals surface area contributed by atoms with Crippen molar-refractivity contribution in [2.45, 2.75) is 6.18 Å². The largest absolute Gasteiger partial charge is 0.496 e. The number of nitrogens with two attached hydrogens (primary N) is 1. The van der Waals surface area contributed by atoms with Crippen LogP contribution in [0.15, 0.2) is 16.6 Å². The third kappa shape index (κ3) is 2.46. The number of hydrogen-bond acceptors (Lipinski definition) is 2. The van der Waals surface area contributed by atoms with Gasteiger partial charge in [0.1, 0.15) is 5.75 Å². The van der Waals surface area contributed by atoms with Crippen molar-refractivity contribution in [2.24, 2.45) is 5.73 Å². The summed E-state index contributed by atoms with van der Waals surface area (Å²) in [5.41, 5.74) is 3.12. The SMILES string of the molecule is COc1cc(Br)cc(C(F)(F)F)c1C(N)=O. The van der Waals surface area contributed by atoms with Crippen LogP contribution in [0.5, 0.6) is 5.75 Å². The van der Waals surface area contributed by atoms with Crippen LogP contribution in [0.3, 0.4) is 0 Å². The molecule has 1 amide bonds. The molecule has 0 heterocycles. The summed E-state index contributed by atoms with van der Waals surface area (Å²) in [5.74, 6) is -1.40. The van der Waals surface area contributed by atoms with Gasteiger partial charge in [0.15, 0.2) is 0 Å². The summed E-state index contributed by atoms with van der Waals surface area (Å²) in [6, 6.07) is 2.03. The molecule has 0 aliphatic carbocycles. The summed E-state index contributed by atoms with van der Waals surface area (Å²) in [4.78, 5) is 11.0. The number of hydrogen-bond donors (Lipinski definition) is 1. The van der Waals surface area contributed by atoms with Gasteiger partial charge in [-0.25, -0.2) is 0 Å². The monoisotopic (exact) mass is 297 g/mol. The van der Waals surface area contributed by atoms with Crippen LogP contribution in [0.2, 0.25) is 0 Å². The van der Waals surface area contributed by atoms with Crippen LogP contribution in [0.25, 0.3) is 0 Å². The van der Waals surface area contributed by atoms with Gasteiger partial charge in [0.05, 0.1) is 18.2 Å². The van der Waals surface area contributed by atoms with E-state index in [-0.39, 0.29) is 10.2 Å². The number of methoxy groups -OCH3 is 1. The molecule has 16 heavy (non-hydrogen) atoms. The first kappa shape index (κ1) is 12.8. The molecule has 1 aromatic rings. The molecular weight excluding hydrogens is 291 g/mol. The van der Waals surface area contributed by atoms with Crippen molar-refractivity contribution in [3.05, 3.63) is 27.7 Å². The molecule has 0 aromatic heterocycles. The topological polar surface area (TPSA) is 52.3 Å². The molecule has 88 valence electrons. The molecule has 1 aromatic carbocycles. The summed E-state index contributed by atoms with van der Waals surface area (Å²) >= 11 is 2.90. The lowest BCUT2D eigenvalue weighted by atomic mass is 10.1. The van der Waals surface area contributed by atoms with Gasteiger partial charge in [-0.1, -0.05) is 15.9 Å². The second-order valence-electron chi connectivity index (χ2n) is 2.89. The van der Waals surface area contributed by atoms with Crippen molar-refractivity contribution >= 4 is 21.8 Å². The van der Waals surface area contributed by atoms with Crippen molar-refractivity contribution in [2.75, 3.05) is 7.11 Å². The predicted molar refractivity (Wildman–Crippen MR) is 54.2 cm³/mol. The zero-order valence-corrected chi connectivity index (χ0v) is 9.65. The fourth-order valence-corrected chi connectivity index (χ4v) is 1.66. The second kappa shape index (κ2) is 4.32. The van der Waals surface area contributed by atoms with Gasteiger partial charge in [-0.3, -0.25) is 4.79 Å². The molecule has 1 rings (SSSR count). The molecule has 2 N–H and O–H groups in total. The molecule has 0 saturated heterocycles. The van der Waals surface area contributed by atoms with E-state index < -0.39 is 23.2 Å².